The second kappa shape index (κ2) is 3.77. The van der Waals surface area contributed by atoms with Gasteiger partial charge in [-0.15, -0.1) is 0 Å². The van der Waals surface area contributed by atoms with E-state index in [2.05, 4.69) is 10.1 Å². The van der Waals surface area contributed by atoms with Gasteiger partial charge in [0, 0.05) is 0 Å². The topological polar surface area (TPSA) is 98.9 Å². The summed E-state index contributed by atoms with van der Waals surface area (Å²) in [7, 11) is 0. The Morgan fingerprint density at radius 1 is 1.50 bits per heavy atom. The van der Waals surface area contributed by atoms with Gasteiger partial charge in [-0.1, -0.05) is 0 Å². The number of nitrogens with zero attached hydrogens (tertiary/aromatic N) is 3. The Morgan fingerprint density at radius 2 is 2.06 bits per heavy atom. The zero-order valence-corrected chi connectivity index (χ0v) is 8.05. The third-order valence-electron chi connectivity index (χ3n) is 1.88. The minimum Gasteiger partial charge on any atom is -0.383 e. The number of anilines is 1. The molecule has 0 bridgehead atoms. The van der Waals surface area contributed by atoms with Crippen molar-refractivity contribution >= 4 is 11.5 Å². The highest BCUT2D eigenvalue weighted by atomic mass is 19.4. The molecule has 0 aliphatic heterocycles. The van der Waals surface area contributed by atoms with Crippen molar-refractivity contribution in [3.8, 4) is 6.07 Å². The van der Waals surface area contributed by atoms with Gasteiger partial charge < -0.3 is 5.73 Å². The second-order valence-corrected chi connectivity index (χ2v) is 2.90. The van der Waals surface area contributed by atoms with Crippen LogP contribution in [-0.2, 0) is 6.18 Å². The van der Waals surface area contributed by atoms with Crippen molar-refractivity contribution in [3.63, 3.8) is 0 Å². The number of halogens is 3. The molecule has 1 rings (SSSR count). The number of aromatic nitrogens is 1. The van der Waals surface area contributed by atoms with E-state index in [0.29, 0.717) is 0 Å². The molecule has 0 amide bonds. The molecule has 0 unspecified atom stereocenters. The molecule has 0 aliphatic rings. The number of nitriles is 1. The molecule has 0 aromatic carbocycles. The molecule has 8 heteroatoms. The molecule has 1 aromatic heterocycles. The van der Waals surface area contributed by atoms with Gasteiger partial charge in [0.05, 0.1) is 5.69 Å². The van der Waals surface area contributed by atoms with Gasteiger partial charge >= 0.3 is 6.18 Å². The number of pyridine rings is 1. The Bertz CT molecular complexity index is 486. The standard InChI is InChI=1S/C8H6F3N5/c1-3-6(16-14)5(8(9,10)11)4(2-12)7(13)15-3/h14H,1H3,(H2,13,15). The van der Waals surface area contributed by atoms with Gasteiger partial charge in [-0.3, -0.25) is 0 Å². The third-order valence-corrected chi connectivity index (χ3v) is 1.88. The summed E-state index contributed by atoms with van der Waals surface area (Å²) in [6, 6.07) is 1.32. The van der Waals surface area contributed by atoms with Crippen LogP contribution in [0, 0.1) is 23.8 Å². The number of rotatable bonds is 1. The average Bonchev–Trinajstić information content (AvgIpc) is 2.15. The number of nitrogens with two attached hydrogens (primary N) is 1. The van der Waals surface area contributed by atoms with Crippen LogP contribution in [-0.4, -0.2) is 4.98 Å². The molecule has 0 atom stereocenters. The Morgan fingerprint density at radius 3 is 2.44 bits per heavy atom. The van der Waals surface area contributed by atoms with E-state index < -0.39 is 28.8 Å². The molecular formula is C8H6F3N5. The zero-order chi connectivity index (χ0) is 12.5. The van der Waals surface area contributed by atoms with Crippen molar-refractivity contribution in [2.45, 2.75) is 13.1 Å². The van der Waals surface area contributed by atoms with E-state index in [-0.39, 0.29) is 5.69 Å². The predicted molar refractivity (Wildman–Crippen MR) is 47.9 cm³/mol. The van der Waals surface area contributed by atoms with Gasteiger partial charge in [-0.25, -0.2) is 10.5 Å². The van der Waals surface area contributed by atoms with Crippen LogP contribution in [0.2, 0.25) is 0 Å². The molecule has 16 heavy (non-hydrogen) atoms. The average molecular weight is 229 g/mol. The van der Waals surface area contributed by atoms with Crippen molar-refractivity contribution in [2.75, 3.05) is 5.73 Å². The Hall–Kier alpha value is -2.17. The molecule has 0 spiro atoms. The molecule has 5 nitrogen and oxygen atoms in total. The van der Waals surface area contributed by atoms with Gasteiger partial charge in [0.25, 0.3) is 0 Å². The summed E-state index contributed by atoms with van der Waals surface area (Å²) in [5.74, 6) is -0.514. The van der Waals surface area contributed by atoms with Gasteiger partial charge in [-0.2, -0.15) is 23.5 Å². The minimum atomic E-state index is -4.80. The maximum atomic E-state index is 12.7. The van der Waals surface area contributed by atoms with E-state index in [1.165, 1.54) is 13.0 Å². The summed E-state index contributed by atoms with van der Waals surface area (Å²) in [6.45, 7) is 1.24. The van der Waals surface area contributed by atoms with Crippen LogP contribution >= 0.6 is 0 Å². The highest BCUT2D eigenvalue weighted by molar-refractivity contribution is 5.65. The highest BCUT2D eigenvalue weighted by Crippen LogP contribution is 2.41. The number of alkyl halides is 3. The monoisotopic (exact) mass is 229 g/mol. The van der Waals surface area contributed by atoms with Crippen LogP contribution in [0.4, 0.5) is 24.7 Å². The summed E-state index contributed by atoms with van der Waals surface area (Å²) in [6.07, 6.45) is -4.80. The van der Waals surface area contributed by atoms with E-state index in [9.17, 15) is 13.2 Å². The predicted octanol–water partition coefficient (Wildman–Crippen LogP) is 2.53. The first kappa shape index (κ1) is 11.9. The lowest BCUT2D eigenvalue weighted by atomic mass is 10.1. The molecule has 3 N–H and O–H groups in total. The van der Waals surface area contributed by atoms with Crippen molar-refractivity contribution in [1.29, 1.82) is 10.8 Å². The molecule has 0 aliphatic carbocycles. The lowest BCUT2D eigenvalue weighted by molar-refractivity contribution is -0.137. The van der Waals surface area contributed by atoms with E-state index in [0.717, 1.165) is 0 Å². The number of nitrogens with one attached hydrogen (secondary N) is 1. The van der Waals surface area contributed by atoms with E-state index in [1.807, 2.05) is 0 Å². The number of aryl methyl sites for hydroxylation is 1. The lowest BCUT2D eigenvalue weighted by Crippen LogP contribution is -2.12. The van der Waals surface area contributed by atoms with Crippen LogP contribution in [0.25, 0.3) is 0 Å². The van der Waals surface area contributed by atoms with Crippen LogP contribution in [0.3, 0.4) is 0 Å². The normalized spacial score (nSPS) is 10.9. The van der Waals surface area contributed by atoms with Crippen molar-refractivity contribution in [1.82, 2.24) is 4.98 Å². The summed E-state index contributed by atoms with van der Waals surface area (Å²) >= 11 is 0. The molecule has 84 valence electrons. The first-order valence-electron chi connectivity index (χ1n) is 3.97. The van der Waals surface area contributed by atoms with E-state index >= 15 is 0 Å². The van der Waals surface area contributed by atoms with Gasteiger partial charge in [0.1, 0.15) is 28.7 Å². The summed E-state index contributed by atoms with van der Waals surface area (Å²) in [4.78, 5) is 3.53. The van der Waals surface area contributed by atoms with Crippen LogP contribution in [0.1, 0.15) is 16.8 Å². The lowest BCUT2D eigenvalue weighted by Gasteiger charge is -2.13. The van der Waals surface area contributed by atoms with Gasteiger partial charge in [-0.05, 0) is 6.92 Å². The fourth-order valence-electron chi connectivity index (χ4n) is 1.24. The zero-order valence-electron chi connectivity index (χ0n) is 8.05. The smallest absolute Gasteiger partial charge is 0.383 e. The summed E-state index contributed by atoms with van der Waals surface area (Å²) in [5, 5.41) is 11.3. The van der Waals surface area contributed by atoms with E-state index in [4.69, 9.17) is 16.5 Å². The first-order valence-corrected chi connectivity index (χ1v) is 3.97. The summed E-state index contributed by atoms with van der Waals surface area (Å²) < 4.78 is 38.0. The fraction of sp³-hybridized carbons (Fsp3) is 0.250. The third kappa shape index (κ3) is 1.79. The minimum absolute atomic E-state index is 0.140. The first-order chi connectivity index (χ1) is 7.32. The Balaban J connectivity index is 3.78. The maximum Gasteiger partial charge on any atom is 0.420 e. The van der Waals surface area contributed by atoms with Gasteiger partial charge in [0.2, 0.25) is 0 Å². The largest absolute Gasteiger partial charge is 0.420 e. The molecule has 0 fully saturated rings. The molecule has 0 radical (unpaired) electrons. The van der Waals surface area contributed by atoms with Crippen molar-refractivity contribution in [3.05, 3.63) is 16.8 Å². The highest BCUT2D eigenvalue weighted by Gasteiger charge is 2.39. The maximum absolute atomic E-state index is 12.7. The van der Waals surface area contributed by atoms with Crippen LogP contribution in [0.5, 0.6) is 0 Å². The quantitative estimate of drug-likeness (QED) is 0.723. The van der Waals surface area contributed by atoms with Crippen LogP contribution < -0.4 is 5.73 Å². The second-order valence-electron chi connectivity index (χ2n) is 2.90. The molecule has 1 heterocycles. The summed E-state index contributed by atoms with van der Waals surface area (Å²) in [5.41, 5.74) is 8.96. The Labute approximate surface area is 88.2 Å². The molecular weight excluding hydrogens is 223 g/mol. The van der Waals surface area contributed by atoms with Crippen molar-refractivity contribution < 1.29 is 13.2 Å². The number of hydrogen-bond donors (Lipinski definition) is 2. The molecule has 0 saturated heterocycles. The number of nitrogen functional groups attached to an aromatic ring is 1. The van der Waals surface area contributed by atoms with Crippen molar-refractivity contribution in [2.24, 2.45) is 5.11 Å². The molecule has 1 aromatic rings. The van der Waals surface area contributed by atoms with Gasteiger partial charge in [0.15, 0.2) is 0 Å². The fourth-order valence-corrected chi connectivity index (χ4v) is 1.24. The Kier molecular flexibility index (Phi) is 2.80. The SMILES string of the molecule is Cc1nc(N)c(C#N)c(C(F)(F)F)c1N=N. The van der Waals surface area contributed by atoms with Crippen LogP contribution in [0.15, 0.2) is 5.11 Å². The van der Waals surface area contributed by atoms with E-state index in [1.54, 1.807) is 0 Å². The number of hydrogen-bond acceptors (Lipinski definition) is 5. The molecule has 0 saturated carbocycles.